The van der Waals surface area contributed by atoms with E-state index < -0.39 is 0 Å². The number of fused-ring (bicyclic) bond motifs is 8. The average Bonchev–Trinajstić information content (AvgIpc) is 4.01. The fourth-order valence-corrected chi connectivity index (χ4v) is 11.8. The van der Waals surface area contributed by atoms with Crippen LogP contribution in [0, 0.1) is 0 Å². The summed E-state index contributed by atoms with van der Waals surface area (Å²) in [5, 5.41) is 7.26. The highest BCUT2D eigenvalue weighted by Gasteiger charge is 2.22. The van der Waals surface area contributed by atoms with E-state index in [1.165, 1.54) is 64.2 Å². The van der Waals surface area contributed by atoms with Crippen LogP contribution in [0.2, 0.25) is 0 Å². The lowest BCUT2D eigenvalue weighted by atomic mass is 9.94. The third kappa shape index (κ3) is 7.17. The van der Waals surface area contributed by atoms with Crippen molar-refractivity contribution in [2.45, 2.75) is 0 Å². The molecule has 0 amide bonds. The normalized spacial score (nSPS) is 11.6. The molecule has 0 aliphatic heterocycles. The summed E-state index contributed by atoms with van der Waals surface area (Å²) in [5.41, 5.74) is 15.5. The van der Waals surface area contributed by atoms with Crippen LogP contribution in [0.3, 0.4) is 0 Å². The molecule has 11 aromatic carbocycles. The number of aromatic nitrogens is 4. The van der Waals surface area contributed by atoms with E-state index in [9.17, 15) is 0 Å². The molecule has 3 heterocycles. The average molecular weight is 935 g/mol. The Morgan fingerprint density at radius 1 is 0.264 bits per heavy atom. The van der Waals surface area contributed by atoms with Crippen molar-refractivity contribution < 1.29 is 0 Å². The van der Waals surface area contributed by atoms with Crippen LogP contribution >= 0.6 is 11.3 Å². The molecule has 0 N–H and O–H groups in total. The molecule has 0 spiro atoms. The molecular formula is C67H42N4S. The summed E-state index contributed by atoms with van der Waals surface area (Å²) >= 11 is 1.81. The van der Waals surface area contributed by atoms with Gasteiger partial charge in [0.2, 0.25) is 0 Å². The first-order chi connectivity index (χ1) is 35.7. The monoisotopic (exact) mass is 934 g/mol. The molecule has 0 radical (unpaired) electrons. The van der Waals surface area contributed by atoms with Gasteiger partial charge in [-0.1, -0.05) is 200 Å². The molecule has 0 aliphatic carbocycles. The maximum atomic E-state index is 5.40. The van der Waals surface area contributed by atoms with Crippen LogP contribution in [0.5, 0.6) is 0 Å². The van der Waals surface area contributed by atoms with Crippen LogP contribution in [0.1, 0.15) is 0 Å². The Morgan fingerprint density at radius 3 is 1.46 bits per heavy atom. The zero-order chi connectivity index (χ0) is 47.5. The maximum absolute atomic E-state index is 5.40. The first kappa shape index (κ1) is 41.7. The molecule has 0 saturated carbocycles. The zero-order valence-corrected chi connectivity index (χ0v) is 39.8. The van der Waals surface area contributed by atoms with Crippen LogP contribution in [-0.4, -0.2) is 19.5 Å². The summed E-state index contributed by atoms with van der Waals surface area (Å²) in [6, 6.07) is 91.2. The van der Waals surface area contributed by atoms with E-state index in [1.807, 2.05) is 29.5 Å². The van der Waals surface area contributed by atoms with Gasteiger partial charge in [0, 0.05) is 53.3 Å². The molecule has 0 aliphatic rings. The Morgan fingerprint density at radius 2 is 0.806 bits per heavy atom. The van der Waals surface area contributed by atoms with Crippen LogP contribution in [0.25, 0.3) is 137 Å². The molecule has 0 unspecified atom stereocenters. The zero-order valence-electron chi connectivity index (χ0n) is 38.9. The summed E-state index contributed by atoms with van der Waals surface area (Å²) in [7, 11) is 0. The lowest BCUT2D eigenvalue weighted by molar-refractivity contribution is 1.08. The van der Waals surface area contributed by atoms with Gasteiger partial charge in [0.25, 0.3) is 0 Å². The SMILES string of the molecule is c1ccc(-c2cc(-c3ccccc3)cc(-c3nc(-c4ccccc4)nc(-c4cccc5sc6cc(-n7c8ccc(-c9ccccc9)cc8c8c9ccccc9c(-c9ccccc9)cc87)ccc6c45)n3)c2)cc1. The topological polar surface area (TPSA) is 43.6 Å². The summed E-state index contributed by atoms with van der Waals surface area (Å²) in [4.78, 5) is 15.9. The predicted octanol–water partition coefficient (Wildman–Crippen LogP) is 18.2. The highest BCUT2D eigenvalue weighted by atomic mass is 32.1. The van der Waals surface area contributed by atoms with Gasteiger partial charge in [0.1, 0.15) is 0 Å². The Kier molecular flexibility index (Phi) is 10.0. The maximum Gasteiger partial charge on any atom is 0.164 e. The Labute approximate surface area is 420 Å². The minimum atomic E-state index is 0.622. The fourth-order valence-electron chi connectivity index (χ4n) is 10.7. The Hall–Kier alpha value is -9.29. The second kappa shape index (κ2) is 17.3. The van der Waals surface area contributed by atoms with Crippen LogP contribution in [-0.2, 0) is 0 Å². The van der Waals surface area contributed by atoms with Crippen molar-refractivity contribution in [3.8, 4) is 84.4 Å². The van der Waals surface area contributed by atoms with Crippen molar-refractivity contribution in [3.63, 3.8) is 0 Å². The molecule has 0 fully saturated rings. The molecule has 72 heavy (non-hydrogen) atoms. The van der Waals surface area contributed by atoms with Gasteiger partial charge in [-0.2, -0.15) is 0 Å². The van der Waals surface area contributed by atoms with Crippen molar-refractivity contribution >= 4 is 64.1 Å². The number of nitrogens with zero attached hydrogens (tertiary/aromatic N) is 4. The van der Waals surface area contributed by atoms with Crippen molar-refractivity contribution in [1.29, 1.82) is 0 Å². The van der Waals surface area contributed by atoms with Gasteiger partial charge in [0.05, 0.1) is 11.0 Å². The molecule has 4 nitrogen and oxygen atoms in total. The van der Waals surface area contributed by atoms with Crippen molar-refractivity contribution in [2.75, 3.05) is 0 Å². The number of hydrogen-bond acceptors (Lipinski definition) is 4. The van der Waals surface area contributed by atoms with E-state index in [-0.39, 0.29) is 0 Å². The van der Waals surface area contributed by atoms with Crippen molar-refractivity contribution in [1.82, 2.24) is 19.5 Å². The molecule has 0 atom stereocenters. The van der Waals surface area contributed by atoms with Gasteiger partial charge in [-0.25, -0.2) is 15.0 Å². The molecule has 0 bridgehead atoms. The van der Waals surface area contributed by atoms with Crippen LogP contribution in [0.15, 0.2) is 255 Å². The predicted molar refractivity (Wildman–Crippen MR) is 303 cm³/mol. The molecular weight excluding hydrogens is 893 g/mol. The molecule has 3 aromatic heterocycles. The van der Waals surface area contributed by atoms with Crippen molar-refractivity contribution in [2.24, 2.45) is 0 Å². The fraction of sp³-hybridized carbons (Fsp3) is 0. The third-order valence-electron chi connectivity index (χ3n) is 14.0. The van der Waals surface area contributed by atoms with E-state index in [4.69, 9.17) is 15.0 Å². The van der Waals surface area contributed by atoms with Gasteiger partial charge in [-0.3, -0.25) is 0 Å². The van der Waals surface area contributed by atoms with Gasteiger partial charge in [-0.15, -0.1) is 11.3 Å². The first-order valence-electron chi connectivity index (χ1n) is 24.3. The Bertz CT molecular complexity index is 4300. The van der Waals surface area contributed by atoms with Gasteiger partial charge in [-0.05, 0) is 110 Å². The lowest BCUT2D eigenvalue weighted by Gasteiger charge is -2.13. The minimum Gasteiger partial charge on any atom is -0.309 e. The third-order valence-corrected chi connectivity index (χ3v) is 15.1. The summed E-state index contributed by atoms with van der Waals surface area (Å²) in [5.74, 6) is 1.89. The van der Waals surface area contributed by atoms with Crippen LogP contribution < -0.4 is 0 Å². The quantitative estimate of drug-likeness (QED) is 0.152. The molecule has 336 valence electrons. The smallest absolute Gasteiger partial charge is 0.164 e. The largest absolute Gasteiger partial charge is 0.309 e. The molecule has 5 heteroatoms. The second-order valence-electron chi connectivity index (χ2n) is 18.3. The van der Waals surface area contributed by atoms with Crippen LogP contribution in [0.4, 0.5) is 0 Å². The number of benzene rings is 11. The van der Waals surface area contributed by atoms with E-state index in [0.29, 0.717) is 17.5 Å². The minimum absolute atomic E-state index is 0.622. The molecule has 14 rings (SSSR count). The highest BCUT2D eigenvalue weighted by Crippen LogP contribution is 2.45. The summed E-state index contributed by atoms with van der Waals surface area (Å²) < 4.78 is 4.84. The highest BCUT2D eigenvalue weighted by molar-refractivity contribution is 7.26. The van der Waals surface area contributed by atoms with E-state index in [1.54, 1.807) is 0 Å². The number of hydrogen-bond donors (Lipinski definition) is 0. The standard InChI is InChI=1S/C67H42N4S/c1-6-19-43(20-7-1)48-33-36-59-58(40-48)63-54-30-17-16-29-53(54)57(46-25-12-4-13-26-46)42-60(63)71(59)52-34-35-55-62(41-52)72-61-32-18-31-56(64(55)61)67-69-65(47-27-14-5-15-28-47)68-66(70-67)51-38-49(44-21-8-2-9-22-44)37-50(39-51)45-23-10-3-11-24-45/h1-42H. The van der Waals surface area contributed by atoms with E-state index in [2.05, 4.69) is 241 Å². The molecule has 0 saturated heterocycles. The lowest BCUT2D eigenvalue weighted by Crippen LogP contribution is -2.01. The summed E-state index contributed by atoms with van der Waals surface area (Å²) in [6.07, 6.45) is 0. The number of thiophene rings is 1. The summed E-state index contributed by atoms with van der Waals surface area (Å²) in [6.45, 7) is 0. The number of rotatable bonds is 8. The Balaban J connectivity index is 0.974. The van der Waals surface area contributed by atoms with Crippen molar-refractivity contribution in [3.05, 3.63) is 255 Å². The second-order valence-corrected chi connectivity index (χ2v) is 19.4. The molecule has 14 aromatic rings. The van der Waals surface area contributed by atoms with E-state index >= 15 is 0 Å². The van der Waals surface area contributed by atoms with E-state index in [0.717, 1.165) is 55.4 Å². The van der Waals surface area contributed by atoms with Gasteiger partial charge >= 0.3 is 0 Å². The van der Waals surface area contributed by atoms with Gasteiger partial charge < -0.3 is 4.57 Å². The van der Waals surface area contributed by atoms with Gasteiger partial charge in [0.15, 0.2) is 17.5 Å². The first-order valence-corrected chi connectivity index (χ1v) is 25.1.